The molecule has 1 aromatic carbocycles. The van der Waals surface area contributed by atoms with Crippen LogP contribution in [0.15, 0.2) is 30.5 Å². The molecule has 0 aliphatic carbocycles. The quantitative estimate of drug-likeness (QED) is 0.756. The van der Waals surface area contributed by atoms with E-state index in [1.165, 1.54) is 0 Å². The Bertz CT molecular complexity index is 990. The van der Waals surface area contributed by atoms with Crippen molar-refractivity contribution in [3.05, 3.63) is 57.7 Å². The van der Waals surface area contributed by atoms with Crippen molar-refractivity contribution in [2.75, 3.05) is 37.6 Å². The lowest BCUT2D eigenvalue weighted by Crippen LogP contribution is -2.49. The fourth-order valence-electron chi connectivity index (χ4n) is 4.46. The van der Waals surface area contributed by atoms with Gasteiger partial charge in [0, 0.05) is 38.9 Å². The highest BCUT2D eigenvalue weighted by atomic mass is 35.5. The molecule has 0 bridgehead atoms. The van der Waals surface area contributed by atoms with E-state index in [0.29, 0.717) is 30.2 Å². The van der Waals surface area contributed by atoms with Crippen molar-refractivity contribution in [3.63, 3.8) is 0 Å². The molecular formula is C23H28Cl2N4O2. The number of nitrogens with one attached hydrogen (secondary N) is 1. The minimum atomic E-state index is -0.208. The minimum Gasteiger partial charge on any atom is -0.355 e. The van der Waals surface area contributed by atoms with Crippen LogP contribution in [0.25, 0.3) is 0 Å². The molecule has 0 saturated carbocycles. The summed E-state index contributed by atoms with van der Waals surface area (Å²) < 4.78 is 0. The van der Waals surface area contributed by atoms with Gasteiger partial charge in [0.05, 0.1) is 16.5 Å². The number of amides is 2. The van der Waals surface area contributed by atoms with E-state index in [-0.39, 0.29) is 36.1 Å². The topological polar surface area (TPSA) is 65.5 Å². The number of anilines is 1. The first-order valence-corrected chi connectivity index (χ1v) is 10.8. The molecule has 166 valence electrons. The van der Waals surface area contributed by atoms with Gasteiger partial charge in [-0.3, -0.25) is 9.59 Å². The predicted octanol–water partition coefficient (Wildman–Crippen LogP) is 3.59. The Morgan fingerprint density at radius 2 is 1.87 bits per heavy atom. The summed E-state index contributed by atoms with van der Waals surface area (Å²) in [6.07, 6.45) is 1.88. The van der Waals surface area contributed by atoms with Crippen molar-refractivity contribution in [2.24, 2.45) is 5.92 Å². The molecular weight excluding hydrogens is 435 g/mol. The molecule has 31 heavy (non-hydrogen) atoms. The summed E-state index contributed by atoms with van der Waals surface area (Å²) in [6, 6.07) is 7.53. The summed E-state index contributed by atoms with van der Waals surface area (Å²) in [6.45, 7) is 9.52. The van der Waals surface area contributed by atoms with E-state index in [0.717, 1.165) is 35.6 Å². The third-order valence-corrected chi connectivity index (χ3v) is 6.40. The van der Waals surface area contributed by atoms with Crippen molar-refractivity contribution in [2.45, 2.75) is 26.7 Å². The lowest BCUT2D eigenvalue weighted by Gasteiger charge is -2.36. The van der Waals surface area contributed by atoms with E-state index < -0.39 is 0 Å². The molecule has 1 aromatic heterocycles. The van der Waals surface area contributed by atoms with E-state index in [9.17, 15) is 9.59 Å². The van der Waals surface area contributed by atoms with Gasteiger partial charge in [0.25, 0.3) is 5.91 Å². The second-order valence-corrected chi connectivity index (χ2v) is 8.78. The molecule has 2 aliphatic heterocycles. The fraction of sp³-hybridized carbons (Fsp3) is 0.435. The number of piperazine rings is 1. The van der Waals surface area contributed by atoms with Gasteiger partial charge in [-0.2, -0.15) is 0 Å². The van der Waals surface area contributed by atoms with Crippen LogP contribution in [0.3, 0.4) is 0 Å². The average Bonchev–Trinajstić information content (AvgIpc) is 3.06. The molecule has 1 N–H and O–H groups in total. The standard InChI is InChI=1S/C23H27ClN4O2.ClH/c1-14-10-15(2)21(25-12-14)27-6-8-28(9-7-27)23(30)18-5-4-17(11-19(18)24)20-16(3)13-26-22(20)29;/h4-5,10-12,16,20H,6-9,13H2,1-3H3,(H,26,29);1H/t16?,20-;/m1./s1. The highest BCUT2D eigenvalue weighted by molar-refractivity contribution is 6.34. The first-order chi connectivity index (χ1) is 14.3. The first kappa shape index (κ1) is 23.4. The Morgan fingerprint density at radius 3 is 2.45 bits per heavy atom. The predicted molar refractivity (Wildman–Crippen MR) is 125 cm³/mol. The molecule has 2 amide bonds. The number of nitrogens with zero attached hydrogens (tertiary/aromatic N) is 3. The van der Waals surface area contributed by atoms with Crippen molar-refractivity contribution in [1.82, 2.24) is 15.2 Å². The first-order valence-electron chi connectivity index (χ1n) is 10.4. The van der Waals surface area contributed by atoms with Gasteiger partial charge in [-0.05, 0) is 48.6 Å². The van der Waals surface area contributed by atoms with Gasteiger partial charge >= 0.3 is 0 Å². The number of carbonyl (C=O) groups excluding carboxylic acids is 2. The zero-order valence-corrected chi connectivity index (χ0v) is 19.6. The van der Waals surface area contributed by atoms with Crippen molar-refractivity contribution in [1.29, 1.82) is 0 Å². The zero-order valence-electron chi connectivity index (χ0n) is 18.0. The number of hydrogen-bond acceptors (Lipinski definition) is 4. The van der Waals surface area contributed by atoms with Crippen molar-refractivity contribution < 1.29 is 9.59 Å². The number of halogens is 2. The van der Waals surface area contributed by atoms with Gasteiger partial charge in [0.15, 0.2) is 0 Å². The molecule has 2 fully saturated rings. The third kappa shape index (κ3) is 4.65. The smallest absolute Gasteiger partial charge is 0.255 e. The normalized spacial score (nSPS) is 21.0. The van der Waals surface area contributed by atoms with Crippen LogP contribution in [0.5, 0.6) is 0 Å². The van der Waals surface area contributed by atoms with Crippen LogP contribution in [0, 0.1) is 19.8 Å². The molecule has 2 aliphatic rings. The minimum absolute atomic E-state index is 0. The molecule has 2 atom stereocenters. The summed E-state index contributed by atoms with van der Waals surface area (Å²) in [5.74, 6) is 0.944. The Labute approximate surface area is 194 Å². The van der Waals surface area contributed by atoms with E-state index in [4.69, 9.17) is 11.6 Å². The zero-order chi connectivity index (χ0) is 21.4. The van der Waals surface area contributed by atoms with Crippen LogP contribution in [0.4, 0.5) is 5.82 Å². The van der Waals surface area contributed by atoms with Gasteiger partial charge in [-0.1, -0.05) is 30.7 Å². The molecule has 2 saturated heterocycles. The second-order valence-electron chi connectivity index (χ2n) is 8.37. The molecule has 0 spiro atoms. The van der Waals surface area contributed by atoms with E-state index >= 15 is 0 Å². The number of aromatic nitrogens is 1. The molecule has 8 heteroatoms. The lowest BCUT2D eigenvalue weighted by molar-refractivity contribution is -0.120. The summed E-state index contributed by atoms with van der Waals surface area (Å²) in [5, 5.41) is 3.29. The maximum atomic E-state index is 13.1. The van der Waals surface area contributed by atoms with Crippen LogP contribution in [-0.4, -0.2) is 54.4 Å². The van der Waals surface area contributed by atoms with E-state index in [1.54, 1.807) is 12.1 Å². The van der Waals surface area contributed by atoms with Crippen LogP contribution in [0.1, 0.15) is 39.9 Å². The monoisotopic (exact) mass is 462 g/mol. The van der Waals surface area contributed by atoms with Crippen molar-refractivity contribution in [3.8, 4) is 0 Å². The van der Waals surface area contributed by atoms with E-state index in [1.807, 2.05) is 31.0 Å². The largest absolute Gasteiger partial charge is 0.355 e. The Hall–Kier alpha value is -2.31. The summed E-state index contributed by atoms with van der Waals surface area (Å²) in [4.78, 5) is 33.8. The molecule has 2 aromatic rings. The van der Waals surface area contributed by atoms with Gasteiger partial charge in [0.2, 0.25) is 5.91 Å². The number of pyridine rings is 1. The van der Waals surface area contributed by atoms with Gasteiger partial charge in [-0.15, -0.1) is 12.4 Å². The SMILES string of the molecule is Cc1cnc(N2CCN(C(=O)c3ccc([C@@H]4C(=O)NCC4C)cc3Cl)CC2)c(C)c1.Cl. The van der Waals surface area contributed by atoms with Crippen LogP contribution in [-0.2, 0) is 4.79 Å². The lowest BCUT2D eigenvalue weighted by atomic mass is 9.89. The third-order valence-electron chi connectivity index (χ3n) is 6.09. The number of rotatable bonds is 3. The molecule has 3 heterocycles. The highest BCUT2D eigenvalue weighted by Gasteiger charge is 2.33. The van der Waals surface area contributed by atoms with Crippen LogP contribution < -0.4 is 10.2 Å². The van der Waals surface area contributed by atoms with E-state index in [2.05, 4.69) is 28.2 Å². The average molecular weight is 463 g/mol. The Balaban J connectivity index is 0.00000272. The molecule has 0 radical (unpaired) electrons. The maximum Gasteiger partial charge on any atom is 0.255 e. The van der Waals surface area contributed by atoms with Gasteiger partial charge < -0.3 is 15.1 Å². The summed E-state index contributed by atoms with van der Waals surface area (Å²) in [5.41, 5.74) is 3.65. The fourth-order valence-corrected chi connectivity index (χ4v) is 4.73. The van der Waals surface area contributed by atoms with Crippen molar-refractivity contribution >= 4 is 41.6 Å². The summed E-state index contributed by atoms with van der Waals surface area (Å²) >= 11 is 6.48. The number of aryl methyl sites for hydroxylation is 2. The number of hydrogen-bond donors (Lipinski definition) is 1. The van der Waals surface area contributed by atoms with Crippen LogP contribution >= 0.6 is 24.0 Å². The van der Waals surface area contributed by atoms with Gasteiger partial charge in [-0.25, -0.2) is 4.98 Å². The molecule has 4 rings (SSSR count). The molecule has 1 unspecified atom stereocenters. The Morgan fingerprint density at radius 1 is 1.16 bits per heavy atom. The summed E-state index contributed by atoms with van der Waals surface area (Å²) in [7, 11) is 0. The highest BCUT2D eigenvalue weighted by Crippen LogP contribution is 2.32. The number of benzene rings is 1. The Kier molecular flexibility index (Phi) is 7.12. The van der Waals surface area contributed by atoms with Crippen LogP contribution in [0.2, 0.25) is 5.02 Å². The maximum absolute atomic E-state index is 13.1. The second kappa shape index (κ2) is 9.45. The number of carbonyl (C=O) groups is 2. The van der Waals surface area contributed by atoms with Gasteiger partial charge in [0.1, 0.15) is 5.82 Å². The molecule has 6 nitrogen and oxygen atoms in total.